The topological polar surface area (TPSA) is 49.3 Å². The van der Waals surface area contributed by atoms with Gasteiger partial charge in [-0.15, -0.1) is 0 Å². The Morgan fingerprint density at radius 3 is 2.74 bits per heavy atom. The predicted octanol–water partition coefficient (Wildman–Crippen LogP) is 2.30. The second kappa shape index (κ2) is 5.86. The highest BCUT2D eigenvalue weighted by atomic mass is 16.1. The average Bonchev–Trinajstić information content (AvgIpc) is 3.34. The summed E-state index contributed by atoms with van der Waals surface area (Å²) in [5.74, 6) is 2.53. The van der Waals surface area contributed by atoms with Crippen molar-refractivity contribution in [3.63, 3.8) is 0 Å². The van der Waals surface area contributed by atoms with E-state index in [9.17, 15) is 4.79 Å². The summed E-state index contributed by atoms with van der Waals surface area (Å²) in [6.07, 6.45) is 7.18. The zero-order valence-corrected chi connectivity index (χ0v) is 14.2. The summed E-state index contributed by atoms with van der Waals surface area (Å²) < 4.78 is 0. The Morgan fingerprint density at radius 2 is 2.04 bits per heavy atom. The first kappa shape index (κ1) is 15.1. The quantitative estimate of drug-likeness (QED) is 0.798. The van der Waals surface area contributed by atoms with Gasteiger partial charge in [-0.1, -0.05) is 0 Å². The lowest BCUT2D eigenvalue weighted by Gasteiger charge is -2.36. The number of carbonyl (C=O) groups excluding carboxylic acids is 1. The number of aryl methyl sites for hydroxylation is 1. The fourth-order valence-electron chi connectivity index (χ4n) is 4.15. The zero-order chi connectivity index (χ0) is 16.0. The number of piperidine rings is 1. The molecule has 0 unspecified atom stereocenters. The van der Waals surface area contributed by atoms with Crippen molar-refractivity contribution >= 4 is 11.7 Å². The van der Waals surface area contributed by atoms with Gasteiger partial charge in [0.25, 0.3) is 0 Å². The maximum absolute atomic E-state index is 11.6. The largest absolute Gasteiger partial charge is 0.339 e. The highest BCUT2D eigenvalue weighted by molar-refractivity contribution is 5.94. The van der Waals surface area contributed by atoms with Gasteiger partial charge < -0.3 is 4.90 Å². The molecule has 4 heterocycles. The number of hydrogen-bond donors (Lipinski definition) is 0. The van der Waals surface area contributed by atoms with Crippen LogP contribution in [0.3, 0.4) is 0 Å². The number of hydrogen-bond acceptors (Lipinski definition) is 5. The van der Waals surface area contributed by atoms with Crippen LogP contribution in [-0.2, 0) is 0 Å². The first-order valence-electron chi connectivity index (χ1n) is 8.93. The van der Waals surface area contributed by atoms with Gasteiger partial charge in [0.15, 0.2) is 5.78 Å². The molecule has 2 atom stereocenters. The van der Waals surface area contributed by atoms with E-state index in [0.717, 1.165) is 36.6 Å². The minimum atomic E-state index is 0.0422. The van der Waals surface area contributed by atoms with E-state index in [1.807, 2.05) is 6.92 Å². The molecular weight excluding hydrogens is 288 g/mol. The molecule has 5 rings (SSSR count). The van der Waals surface area contributed by atoms with Gasteiger partial charge in [0.05, 0.1) is 11.3 Å². The minimum absolute atomic E-state index is 0.0422. The van der Waals surface area contributed by atoms with Gasteiger partial charge in [-0.3, -0.25) is 9.69 Å². The predicted molar refractivity (Wildman–Crippen MR) is 89.8 cm³/mol. The summed E-state index contributed by atoms with van der Waals surface area (Å²) in [5, 5.41) is 0. The van der Waals surface area contributed by atoms with Crippen LogP contribution < -0.4 is 4.90 Å². The lowest BCUT2D eigenvalue weighted by Crippen LogP contribution is -2.44. The van der Waals surface area contributed by atoms with Gasteiger partial charge in [0, 0.05) is 38.4 Å². The number of carbonyl (C=O) groups is 1. The molecule has 3 aliphatic heterocycles. The lowest BCUT2D eigenvalue weighted by molar-refractivity contribution is 0.101. The SMILES string of the molecule is CC(=O)c1cnc(N2C[C@@H]3CC[C@H](C2)N(CC2CC2)C3)nc1C. The van der Waals surface area contributed by atoms with Crippen LogP contribution >= 0.6 is 0 Å². The van der Waals surface area contributed by atoms with Crippen molar-refractivity contribution in [3.8, 4) is 0 Å². The van der Waals surface area contributed by atoms with Crippen LogP contribution in [0.2, 0.25) is 0 Å². The molecule has 5 heteroatoms. The number of rotatable bonds is 4. The van der Waals surface area contributed by atoms with E-state index in [1.165, 1.54) is 38.8 Å². The van der Waals surface area contributed by atoms with E-state index in [1.54, 1.807) is 13.1 Å². The number of Topliss-reactive ketones (excluding diaryl/α,β-unsaturated/α-hetero) is 1. The molecule has 2 bridgehead atoms. The summed E-state index contributed by atoms with van der Waals surface area (Å²) in [4.78, 5) is 25.8. The van der Waals surface area contributed by atoms with Gasteiger partial charge in [-0.2, -0.15) is 0 Å². The Hall–Kier alpha value is -1.49. The van der Waals surface area contributed by atoms with E-state index in [2.05, 4.69) is 19.8 Å². The van der Waals surface area contributed by atoms with Crippen LogP contribution in [0.25, 0.3) is 0 Å². The third-order valence-electron chi connectivity index (χ3n) is 5.65. The molecule has 0 aromatic carbocycles. The molecule has 5 nitrogen and oxygen atoms in total. The number of nitrogens with zero attached hydrogens (tertiary/aromatic N) is 4. The first-order chi connectivity index (χ1) is 11.1. The molecule has 0 amide bonds. The minimum Gasteiger partial charge on any atom is -0.339 e. The van der Waals surface area contributed by atoms with Crippen molar-refractivity contribution in [2.45, 2.75) is 45.6 Å². The molecule has 1 aromatic rings. The zero-order valence-electron chi connectivity index (χ0n) is 14.2. The molecule has 23 heavy (non-hydrogen) atoms. The normalized spacial score (nSPS) is 28.0. The molecule has 124 valence electrons. The van der Waals surface area contributed by atoms with E-state index < -0.39 is 0 Å². The van der Waals surface area contributed by atoms with Crippen molar-refractivity contribution in [3.05, 3.63) is 17.5 Å². The van der Waals surface area contributed by atoms with Gasteiger partial charge in [0.2, 0.25) is 5.95 Å². The average molecular weight is 314 g/mol. The fraction of sp³-hybridized carbons (Fsp3) is 0.722. The molecular formula is C18H26N4O. The second-order valence-corrected chi connectivity index (χ2v) is 7.62. The summed E-state index contributed by atoms with van der Waals surface area (Å²) in [5.41, 5.74) is 1.44. The van der Waals surface area contributed by atoms with Crippen LogP contribution in [-0.4, -0.2) is 52.9 Å². The summed E-state index contributed by atoms with van der Waals surface area (Å²) in [6, 6.07) is 0.644. The molecule has 0 spiro atoms. The number of fused-ring (bicyclic) bond motifs is 4. The van der Waals surface area contributed by atoms with Gasteiger partial charge in [0.1, 0.15) is 0 Å². The Morgan fingerprint density at radius 1 is 1.22 bits per heavy atom. The van der Waals surface area contributed by atoms with Crippen molar-refractivity contribution in [2.24, 2.45) is 11.8 Å². The Balaban J connectivity index is 1.53. The standard InChI is InChI=1S/C18H26N4O/c1-12-17(13(2)23)7-19-18(20-12)22-10-15-5-6-16(11-22)21(9-15)8-14-3-4-14/h7,14-16H,3-6,8-11H2,1-2H3/t15-,16-/m1/s1. The third kappa shape index (κ3) is 3.11. The smallest absolute Gasteiger partial charge is 0.225 e. The van der Waals surface area contributed by atoms with Crippen molar-refractivity contribution in [1.82, 2.24) is 14.9 Å². The van der Waals surface area contributed by atoms with Crippen LogP contribution in [0.1, 0.15) is 48.7 Å². The van der Waals surface area contributed by atoms with Crippen LogP contribution in [0.5, 0.6) is 0 Å². The fourth-order valence-corrected chi connectivity index (χ4v) is 4.15. The summed E-state index contributed by atoms with van der Waals surface area (Å²) in [7, 11) is 0. The highest BCUT2D eigenvalue weighted by Crippen LogP contribution is 2.35. The van der Waals surface area contributed by atoms with Gasteiger partial charge >= 0.3 is 0 Å². The maximum atomic E-state index is 11.6. The van der Waals surface area contributed by atoms with Crippen molar-refractivity contribution in [1.29, 1.82) is 0 Å². The van der Waals surface area contributed by atoms with Gasteiger partial charge in [-0.25, -0.2) is 9.97 Å². The Labute approximate surface area is 138 Å². The first-order valence-corrected chi connectivity index (χ1v) is 8.93. The Kier molecular flexibility index (Phi) is 3.84. The van der Waals surface area contributed by atoms with Crippen LogP contribution in [0, 0.1) is 18.8 Å². The third-order valence-corrected chi connectivity index (χ3v) is 5.65. The molecule has 3 saturated heterocycles. The monoisotopic (exact) mass is 314 g/mol. The van der Waals surface area contributed by atoms with E-state index in [0.29, 0.717) is 11.6 Å². The number of anilines is 1. The van der Waals surface area contributed by atoms with Crippen LogP contribution in [0.4, 0.5) is 5.95 Å². The number of ketones is 1. The van der Waals surface area contributed by atoms with E-state index in [4.69, 9.17) is 0 Å². The molecule has 1 saturated carbocycles. The molecule has 1 aromatic heterocycles. The number of aromatic nitrogens is 2. The van der Waals surface area contributed by atoms with Crippen molar-refractivity contribution < 1.29 is 4.79 Å². The van der Waals surface area contributed by atoms with Gasteiger partial charge in [-0.05, 0) is 51.4 Å². The van der Waals surface area contributed by atoms with Crippen LogP contribution in [0.15, 0.2) is 6.20 Å². The molecule has 0 N–H and O–H groups in total. The van der Waals surface area contributed by atoms with E-state index >= 15 is 0 Å². The second-order valence-electron chi connectivity index (χ2n) is 7.62. The molecule has 1 aliphatic carbocycles. The summed E-state index contributed by atoms with van der Waals surface area (Å²) >= 11 is 0. The summed E-state index contributed by atoms with van der Waals surface area (Å²) in [6.45, 7) is 8.10. The molecule has 0 radical (unpaired) electrons. The Bertz CT molecular complexity index is 613. The molecule has 4 fully saturated rings. The maximum Gasteiger partial charge on any atom is 0.225 e. The van der Waals surface area contributed by atoms with Crippen molar-refractivity contribution in [2.75, 3.05) is 31.1 Å². The lowest BCUT2D eigenvalue weighted by atomic mass is 9.95. The molecule has 4 aliphatic rings. The highest BCUT2D eigenvalue weighted by Gasteiger charge is 2.37. The van der Waals surface area contributed by atoms with E-state index in [-0.39, 0.29) is 5.78 Å².